The van der Waals surface area contributed by atoms with E-state index in [2.05, 4.69) is 16.3 Å². The molecule has 1 aromatic carbocycles. The number of carbonyl (C=O) groups is 1. The van der Waals surface area contributed by atoms with Crippen LogP contribution in [-0.2, 0) is 11.3 Å². The minimum atomic E-state index is 0.141. The Morgan fingerprint density at radius 2 is 1.81 bits per heavy atom. The molecule has 1 amide bonds. The van der Waals surface area contributed by atoms with Crippen molar-refractivity contribution in [3.63, 3.8) is 0 Å². The van der Waals surface area contributed by atoms with Gasteiger partial charge in [-0.15, -0.1) is 11.3 Å². The fraction of sp³-hybridized carbons (Fsp3) is 0.476. The van der Waals surface area contributed by atoms with Crippen LogP contribution in [0.15, 0.2) is 35.7 Å². The second kappa shape index (κ2) is 8.76. The third kappa shape index (κ3) is 4.62. The number of hydrogen-bond donors (Lipinski definition) is 0. The lowest BCUT2D eigenvalue weighted by atomic mass is 10.2. The Balaban J connectivity index is 1.55. The number of anilines is 1. The quantitative estimate of drug-likeness (QED) is 0.781. The Hall–Kier alpha value is -2.05. The highest BCUT2D eigenvalue weighted by Crippen LogP contribution is 2.34. The molecule has 1 saturated heterocycles. The summed E-state index contributed by atoms with van der Waals surface area (Å²) in [4.78, 5) is 18.6. The zero-order valence-corrected chi connectivity index (χ0v) is 16.4. The number of carbonyl (C=O) groups excluding carboxylic acids is 1. The van der Waals surface area contributed by atoms with Crippen LogP contribution < -0.4 is 14.4 Å². The molecule has 144 valence electrons. The van der Waals surface area contributed by atoms with E-state index in [1.807, 2.05) is 29.2 Å². The number of thiophene rings is 1. The van der Waals surface area contributed by atoms with Gasteiger partial charge in [0.2, 0.25) is 5.91 Å². The number of nitrogens with zero attached hydrogens (tertiary/aromatic N) is 2. The first kappa shape index (κ1) is 18.3. The predicted molar refractivity (Wildman–Crippen MR) is 108 cm³/mol. The smallest absolute Gasteiger partial charge is 0.241 e. The summed E-state index contributed by atoms with van der Waals surface area (Å²) in [5, 5.41) is 2.05. The summed E-state index contributed by atoms with van der Waals surface area (Å²) >= 11 is 1.68. The molecule has 0 radical (unpaired) electrons. The van der Waals surface area contributed by atoms with E-state index in [0.717, 1.165) is 30.3 Å². The highest BCUT2D eigenvalue weighted by Gasteiger charge is 2.22. The molecule has 0 bridgehead atoms. The van der Waals surface area contributed by atoms with Gasteiger partial charge in [-0.2, -0.15) is 0 Å². The minimum absolute atomic E-state index is 0.141. The van der Waals surface area contributed by atoms with Gasteiger partial charge in [-0.05, 0) is 49.5 Å². The maximum atomic E-state index is 13.2. The van der Waals surface area contributed by atoms with Gasteiger partial charge in [0.15, 0.2) is 11.5 Å². The molecule has 0 N–H and O–H groups in total. The van der Waals surface area contributed by atoms with Crippen LogP contribution in [0.3, 0.4) is 0 Å². The van der Waals surface area contributed by atoms with E-state index >= 15 is 0 Å². The Morgan fingerprint density at radius 1 is 1.04 bits per heavy atom. The van der Waals surface area contributed by atoms with Gasteiger partial charge >= 0.3 is 0 Å². The summed E-state index contributed by atoms with van der Waals surface area (Å²) in [5.74, 6) is 1.61. The summed E-state index contributed by atoms with van der Waals surface area (Å²) < 4.78 is 11.4. The summed E-state index contributed by atoms with van der Waals surface area (Å²) in [6.45, 7) is 4.20. The minimum Gasteiger partial charge on any atom is -0.486 e. The normalized spacial score (nSPS) is 17.3. The highest BCUT2D eigenvalue weighted by atomic mass is 32.1. The van der Waals surface area contributed by atoms with E-state index in [1.54, 1.807) is 11.3 Å². The lowest BCUT2D eigenvalue weighted by Gasteiger charge is -2.28. The van der Waals surface area contributed by atoms with Gasteiger partial charge < -0.3 is 14.4 Å². The molecule has 27 heavy (non-hydrogen) atoms. The molecule has 1 aromatic heterocycles. The average molecular weight is 387 g/mol. The number of fused-ring (bicyclic) bond motifs is 1. The first-order valence-electron chi connectivity index (χ1n) is 9.74. The number of hydrogen-bond acceptors (Lipinski definition) is 5. The van der Waals surface area contributed by atoms with Gasteiger partial charge in [0.05, 0.1) is 13.1 Å². The molecular formula is C21H26N2O3S. The molecule has 4 rings (SSSR count). The molecule has 1 fully saturated rings. The van der Waals surface area contributed by atoms with Crippen molar-refractivity contribution < 1.29 is 14.3 Å². The van der Waals surface area contributed by atoms with Crippen molar-refractivity contribution in [2.24, 2.45) is 0 Å². The van der Waals surface area contributed by atoms with Gasteiger partial charge in [0, 0.05) is 16.6 Å². The highest BCUT2D eigenvalue weighted by molar-refractivity contribution is 7.09. The fourth-order valence-corrected chi connectivity index (χ4v) is 4.35. The third-order valence-corrected chi connectivity index (χ3v) is 5.95. The molecule has 3 heterocycles. The third-order valence-electron chi connectivity index (χ3n) is 5.09. The number of rotatable bonds is 5. The molecule has 2 aliphatic heterocycles. The molecule has 0 saturated carbocycles. The van der Waals surface area contributed by atoms with Crippen molar-refractivity contribution in [1.82, 2.24) is 4.90 Å². The van der Waals surface area contributed by atoms with Crippen LogP contribution in [-0.4, -0.2) is 43.7 Å². The molecular weight excluding hydrogens is 360 g/mol. The van der Waals surface area contributed by atoms with Crippen LogP contribution in [0.5, 0.6) is 11.5 Å². The van der Waals surface area contributed by atoms with Crippen LogP contribution in [0.4, 0.5) is 5.69 Å². The van der Waals surface area contributed by atoms with Gasteiger partial charge in [-0.25, -0.2) is 0 Å². The molecule has 2 aromatic rings. The van der Waals surface area contributed by atoms with Crippen LogP contribution in [0, 0.1) is 0 Å². The lowest BCUT2D eigenvalue weighted by molar-refractivity contribution is -0.119. The summed E-state index contributed by atoms with van der Waals surface area (Å²) in [5.41, 5.74) is 0.868. The zero-order valence-electron chi connectivity index (χ0n) is 15.6. The SMILES string of the molecule is O=C(CN1CCCCCC1)N(Cc1cccs1)c1ccc2c(c1)OCCO2. The molecule has 6 heteroatoms. The average Bonchev–Trinajstić information content (AvgIpc) is 3.08. The summed E-state index contributed by atoms with van der Waals surface area (Å²) in [7, 11) is 0. The Bertz CT molecular complexity index is 755. The van der Waals surface area contributed by atoms with E-state index in [9.17, 15) is 4.79 Å². The first-order valence-corrected chi connectivity index (χ1v) is 10.6. The van der Waals surface area contributed by atoms with Crippen molar-refractivity contribution in [3.05, 3.63) is 40.6 Å². The fourth-order valence-electron chi connectivity index (χ4n) is 3.65. The van der Waals surface area contributed by atoms with Crippen LogP contribution in [0.25, 0.3) is 0 Å². The molecule has 0 spiro atoms. The van der Waals surface area contributed by atoms with Crippen molar-refractivity contribution in [2.75, 3.05) is 37.7 Å². The zero-order chi connectivity index (χ0) is 18.5. The molecule has 0 atom stereocenters. The van der Waals surface area contributed by atoms with Gasteiger partial charge in [0.25, 0.3) is 0 Å². The van der Waals surface area contributed by atoms with Crippen LogP contribution in [0.2, 0.25) is 0 Å². The number of ether oxygens (including phenoxy) is 2. The lowest BCUT2D eigenvalue weighted by Crippen LogP contribution is -2.40. The molecule has 0 aliphatic carbocycles. The maximum Gasteiger partial charge on any atom is 0.241 e. The van der Waals surface area contributed by atoms with E-state index in [1.165, 1.54) is 30.6 Å². The van der Waals surface area contributed by atoms with Crippen molar-refractivity contribution in [2.45, 2.75) is 32.2 Å². The first-order chi connectivity index (χ1) is 13.3. The van der Waals surface area contributed by atoms with Gasteiger partial charge in [-0.3, -0.25) is 9.69 Å². The van der Waals surface area contributed by atoms with Crippen LogP contribution >= 0.6 is 11.3 Å². The largest absolute Gasteiger partial charge is 0.486 e. The standard InChI is InChI=1S/C21H26N2O3S/c24-21(16-22-9-3-1-2-4-10-22)23(15-18-6-5-13-27-18)17-7-8-19-20(14-17)26-12-11-25-19/h5-8,13-14H,1-4,9-12,15-16H2. The Labute approximate surface area is 164 Å². The maximum absolute atomic E-state index is 13.2. The van der Waals surface area contributed by atoms with Gasteiger partial charge in [-0.1, -0.05) is 18.9 Å². The van der Waals surface area contributed by atoms with E-state index in [4.69, 9.17) is 9.47 Å². The Morgan fingerprint density at radius 3 is 2.56 bits per heavy atom. The molecule has 5 nitrogen and oxygen atoms in total. The summed E-state index contributed by atoms with van der Waals surface area (Å²) in [6.07, 6.45) is 4.90. The molecule has 2 aliphatic rings. The monoisotopic (exact) mass is 386 g/mol. The van der Waals surface area contributed by atoms with Crippen molar-refractivity contribution in [1.29, 1.82) is 0 Å². The number of amides is 1. The predicted octanol–water partition coefficient (Wildman–Crippen LogP) is 3.93. The van der Waals surface area contributed by atoms with Crippen LogP contribution in [0.1, 0.15) is 30.6 Å². The van der Waals surface area contributed by atoms with E-state index in [0.29, 0.717) is 26.3 Å². The van der Waals surface area contributed by atoms with E-state index in [-0.39, 0.29) is 5.91 Å². The van der Waals surface area contributed by atoms with Crippen molar-refractivity contribution in [3.8, 4) is 11.5 Å². The van der Waals surface area contributed by atoms with Crippen molar-refractivity contribution >= 4 is 22.9 Å². The topological polar surface area (TPSA) is 42.0 Å². The van der Waals surface area contributed by atoms with E-state index < -0.39 is 0 Å². The van der Waals surface area contributed by atoms with Gasteiger partial charge in [0.1, 0.15) is 13.2 Å². The summed E-state index contributed by atoms with van der Waals surface area (Å²) in [6, 6.07) is 9.91. The number of benzene rings is 1. The Kier molecular flexibility index (Phi) is 5.94. The second-order valence-corrected chi connectivity index (χ2v) is 8.11. The number of likely N-dealkylation sites (tertiary alicyclic amines) is 1. The molecule has 0 unspecified atom stereocenters. The second-order valence-electron chi connectivity index (χ2n) is 7.08.